The second-order valence-corrected chi connectivity index (χ2v) is 6.71. The minimum Gasteiger partial charge on any atom is -0.379 e. The Bertz CT molecular complexity index is 972. The van der Waals surface area contributed by atoms with E-state index in [0.717, 1.165) is 54.8 Å². The van der Waals surface area contributed by atoms with Crippen molar-refractivity contribution >= 4 is 0 Å². The summed E-state index contributed by atoms with van der Waals surface area (Å²) in [5.41, 5.74) is 3.60. The van der Waals surface area contributed by atoms with Gasteiger partial charge >= 0.3 is 0 Å². The van der Waals surface area contributed by atoms with E-state index in [4.69, 9.17) is 14.8 Å². The SMILES string of the molecule is Cc1ncn2c1Cn1nc(CN3CCOCC3)nc1-c1cc(F)ccc1-2. The zero-order chi connectivity index (χ0) is 17.7. The lowest BCUT2D eigenvalue weighted by Gasteiger charge is -2.25. The Morgan fingerprint density at radius 2 is 2.08 bits per heavy atom. The van der Waals surface area contributed by atoms with Gasteiger partial charge < -0.3 is 9.30 Å². The first-order valence-corrected chi connectivity index (χ1v) is 8.76. The molecule has 4 heterocycles. The highest BCUT2D eigenvalue weighted by atomic mass is 19.1. The number of aromatic nitrogens is 5. The van der Waals surface area contributed by atoms with Gasteiger partial charge in [0.05, 0.1) is 49.7 Å². The molecule has 134 valence electrons. The number of rotatable bonds is 2. The minimum atomic E-state index is -0.284. The summed E-state index contributed by atoms with van der Waals surface area (Å²) in [6.45, 7) is 6.44. The molecule has 2 aromatic heterocycles. The number of halogens is 1. The van der Waals surface area contributed by atoms with Crippen LogP contribution in [0.4, 0.5) is 4.39 Å². The molecule has 3 aromatic rings. The zero-order valence-corrected chi connectivity index (χ0v) is 14.5. The van der Waals surface area contributed by atoms with Crippen LogP contribution in [0.1, 0.15) is 17.2 Å². The number of benzene rings is 1. The van der Waals surface area contributed by atoms with Gasteiger partial charge in [-0.3, -0.25) is 4.90 Å². The smallest absolute Gasteiger partial charge is 0.165 e. The summed E-state index contributed by atoms with van der Waals surface area (Å²) in [7, 11) is 0. The predicted molar refractivity (Wildman–Crippen MR) is 92.5 cm³/mol. The number of hydrogen-bond donors (Lipinski definition) is 0. The Morgan fingerprint density at radius 1 is 1.23 bits per heavy atom. The van der Waals surface area contributed by atoms with E-state index in [1.54, 1.807) is 12.4 Å². The van der Waals surface area contributed by atoms with E-state index in [9.17, 15) is 4.39 Å². The standard InChI is InChI=1S/C18H19FN6O/c1-12-16-9-25-18(21-17(22-25)10-23-4-6-26-7-5-23)14-8-13(19)2-3-15(14)24(16)11-20-12/h2-3,8,11H,4-7,9-10H2,1H3. The van der Waals surface area contributed by atoms with Crippen LogP contribution in [-0.4, -0.2) is 55.5 Å². The van der Waals surface area contributed by atoms with Gasteiger partial charge in [-0.25, -0.2) is 19.0 Å². The van der Waals surface area contributed by atoms with Gasteiger partial charge in [-0.05, 0) is 25.1 Å². The Balaban J connectivity index is 1.60. The first-order chi connectivity index (χ1) is 12.7. The molecule has 1 aromatic carbocycles. The van der Waals surface area contributed by atoms with E-state index >= 15 is 0 Å². The number of morpholine rings is 1. The van der Waals surface area contributed by atoms with Crippen LogP contribution in [0.3, 0.4) is 0 Å². The number of nitrogens with zero attached hydrogens (tertiary/aromatic N) is 6. The van der Waals surface area contributed by atoms with Gasteiger partial charge in [0.25, 0.3) is 0 Å². The van der Waals surface area contributed by atoms with Crippen molar-refractivity contribution < 1.29 is 9.13 Å². The van der Waals surface area contributed by atoms with E-state index in [-0.39, 0.29) is 5.82 Å². The molecule has 2 aliphatic heterocycles. The van der Waals surface area contributed by atoms with Gasteiger partial charge in [0.2, 0.25) is 0 Å². The Labute approximate surface area is 150 Å². The monoisotopic (exact) mass is 354 g/mol. The number of ether oxygens (including phenoxy) is 1. The lowest BCUT2D eigenvalue weighted by Crippen LogP contribution is -2.36. The molecule has 0 atom stereocenters. The number of fused-ring (bicyclic) bond motifs is 5. The third kappa shape index (κ3) is 2.53. The molecule has 0 spiro atoms. The van der Waals surface area contributed by atoms with Gasteiger partial charge in [0.1, 0.15) is 5.82 Å². The highest BCUT2D eigenvalue weighted by Gasteiger charge is 2.25. The highest BCUT2D eigenvalue weighted by molar-refractivity contribution is 5.69. The molecule has 1 fully saturated rings. The maximum atomic E-state index is 14.0. The third-order valence-electron chi connectivity index (χ3n) is 5.02. The molecular formula is C18H19FN6O. The van der Waals surface area contributed by atoms with Crippen molar-refractivity contribution in [3.63, 3.8) is 0 Å². The highest BCUT2D eigenvalue weighted by Crippen LogP contribution is 2.32. The van der Waals surface area contributed by atoms with Crippen molar-refractivity contribution in [1.29, 1.82) is 0 Å². The molecule has 0 aliphatic carbocycles. The molecular weight excluding hydrogens is 335 g/mol. The lowest BCUT2D eigenvalue weighted by molar-refractivity contribution is 0.0330. The quantitative estimate of drug-likeness (QED) is 0.549. The van der Waals surface area contributed by atoms with Crippen LogP contribution in [0.5, 0.6) is 0 Å². The van der Waals surface area contributed by atoms with Gasteiger partial charge in [0, 0.05) is 18.7 Å². The first kappa shape index (κ1) is 15.7. The van der Waals surface area contributed by atoms with Crippen molar-refractivity contribution in [2.24, 2.45) is 0 Å². The Morgan fingerprint density at radius 3 is 2.92 bits per heavy atom. The van der Waals surface area contributed by atoms with E-state index in [2.05, 4.69) is 9.88 Å². The predicted octanol–water partition coefficient (Wildman–Crippen LogP) is 1.77. The first-order valence-electron chi connectivity index (χ1n) is 8.76. The summed E-state index contributed by atoms with van der Waals surface area (Å²) in [6.07, 6.45) is 1.78. The zero-order valence-electron chi connectivity index (χ0n) is 14.5. The van der Waals surface area contributed by atoms with Gasteiger partial charge in [0.15, 0.2) is 11.6 Å². The molecule has 2 aliphatic rings. The summed E-state index contributed by atoms with van der Waals surface area (Å²) in [5, 5.41) is 4.71. The molecule has 1 saturated heterocycles. The van der Waals surface area contributed by atoms with Crippen LogP contribution in [0.15, 0.2) is 24.5 Å². The molecule has 7 nitrogen and oxygen atoms in total. The second kappa shape index (κ2) is 6.00. The molecule has 0 N–H and O–H groups in total. The molecule has 5 rings (SSSR count). The van der Waals surface area contributed by atoms with E-state index in [0.29, 0.717) is 18.9 Å². The second-order valence-electron chi connectivity index (χ2n) is 6.71. The molecule has 8 heteroatoms. The summed E-state index contributed by atoms with van der Waals surface area (Å²) in [5.74, 6) is 1.17. The summed E-state index contributed by atoms with van der Waals surface area (Å²) >= 11 is 0. The maximum absolute atomic E-state index is 14.0. The third-order valence-corrected chi connectivity index (χ3v) is 5.02. The molecule has 0 unspecified atom stereocenters. The molecule has 0 saturated carbocycles. The fourth-order valence-electron chi connectivity index (χ4n) is 3.63. The summed E-state index contributed by atoms with van der Waals surface area (Å²) in [6, 6.07) is 4.78. The van der Waals surface area contributed by atoms with Crippen molar-refractivity contribution in [3.05, 3.63) is 47.6 Å². The Kier molecular flexibility index (Phi) is 3.61. The van der Waals surface area contributed by atoms with Crippen LogP contribution in [0.25, 0.3) is 17.1 Å². The van der Waals surface area contributed by atoms with Crippen LogP contribution >= 0.6 is 0 Å². The maximum Gasteiger partial charge on any atom is 0.165 e. The van der Waals surface area contributed by atoms with Crippen molar-refractivity contribution in [1.82, 2.24) is 29.2 Å². The topological polar surface area (TPSA) is 61.0 Å². The van der Waals surface area contributed by atoms with Crippen molar-refractivity contribution in [2.75, 3.05) is 26.3 Å². The molecule has 0 amide bonds. The van der Waals surface area contributed by atoms with Gasteiger partial charge in [-0.2, -0.15) is 5.10 Å². The summed E-state index contributed by atoms with van der Waals surface area (Å²) < 4.78 is 23.2. The van der Waals surface area contributed by atoms with E-state index in [1.807, 2.05) is 16.2 Å². The van der Waals surface area contributed by atoms with Crippen molar-refractivity contribution in [3.8, 4) is 17.1 Å². The van der Waals surface area contributed by atoms with Crippen LogP contribution in [0, 0.1) is 12.7 Å². The lowest BCUT2D eigenvalue weighted by atomic mass is 10.1. The molecule has 26 heavy (non-hydrogen) atoms. The summed E-state index contributed by atoms with van der Waals surface area (Å²) in [4.78, 5) is 11.4. The van der Waals surface area contributed by atoms with Gasteiger partial charge in [-0.1, -0.05) is 0 Å². The number of imidazole rings is 1. The van der Waals surface area contributed by atoms with Crippen molar-refractivity contribution in [2.45, 2.75) is 20.0 Å². The molecule has 0 radical (unpaired) electrons. The van der Waals surface area contributed by atoms with E-state index in [1.165, 1.54) is 12.1 Å². The average Bonchev–Trinajstić information content (AvgIpc) is 3.17. The molecule has 0 bridgehead atoms. The van der Waals surface area contributed by atoms with Crippen LogP contribution in [0.2, 0.25) is 0 Å². The Hall–Kier alpha value is -2.58. The average molecular weight is 354 g/mol. The van der Waals surface area contributed by atoms with Crippen LogP contribution < -0.4 is 0 Å². The number of aryl methyl sites for hydroxylation is 1. The fourth-order valence-corrected chi connectivity index (χ4v) is 3.63. The van der Waals surface area contributed by atoms with Gasteiger partial charge in [-0.15, -0.1) is 0 Å². The minimum absolute atomic E-state index is 0.284. The fraction of sp³-hybridized carbons (Fsp3) is 0.389. The van der Waals surface area contributed by atoms with Crippen LogP contribution in [-0.2, 0) is 17.8 Å². The number of hydrogen-bond acceptors (Lipinski definition) is 5. The normalized spacial score (nSPS) is 16.7. The van der Waals surface area contributed by atoms with E-state index < -0.39 is 0 Å². The largest absolute Gasteiger partial charge is 0.379 e.